The Bertz CT molecular complexity index is 326. The van der Waals surface area contributed by atoms with Gasteiger partial charge in [0.05, 0.1) is 11.7 Å². The summed E-state index contributed by atoms with van der Waals surface area (Å²) in [7, 11) is 0. The Kier molecular flexibility index (Phi) is 4.83. The molecule has 110 valence electrons. The normalized spacial score (nSPS) is 27.7. The SMILES string of the molecule is CSCC(C)CN1C(=O)C2(CCCC2)NC1C(C)C. The van der Waals surface area contributed by atoms with Crippen LogP contribution in [0.3, 0.4) is 0 Å². The van der Waals surface area contributed by atoms with E-state index in [4.69, 9.17) is 0 Å². The minimum absolute atomic E-state index is 0.214. The van der Waals surface area contributed by atoms with E-state index in [9.17, 15) is 4.79 Å². The first-order chi connectivity index (χ1) is 9.00. The Morgan fingerprint density at radius 1 is 1.37 bits per heavy atom. The minimum Gasteiger partial charge on any atom is -0.325 e. The van der Waals surface area contributed by atoms with Gasteiger partial charge in [0.25, 0.3) is 0 Å². The molecule has 1 N–H and O–H groups in total. The average molecular weight is 284 g/mol. The van der Waals surface area contributed by atoms with Crippen molar-refractivity contribution in [1.82, 2.24) is 10.2 Å². The number of amides is 1. The van der Waals surface area contributed by atoms with Crippen LogP contribution in [0.5, 0.6) is 0 Å². The molecular weight excluding hydrogens is 256 g/mol. The maximum absolute atomic E-state index is 12.8. The molecule has 1 aliphatic heterocycles. The summed E-state index contributed by atoms with van der Waals surface area (Å²) >= 11 is 1.87. The maximum atomic E-state index is 12.8. The van der Waals surface area contributed by atoms with E-state index in [2.05, 4.69) is 37.2 Å². The van der Waals surface area contributed by atoms with Crippen molar-refractivity contribution in [3.05, 3.63) is 0 Å². The fourth-order valence-corrected chi connectivity index (χ4v) is 4.23. The molecule has 1 saturated carbocycles. The lowest BCUT2D eigenvalue weighted by Crippen LogP contribution is -2.45. The first kappa shape index (κ1) is 15.2. The number of hydrogen-bond acceptors (Lipinski definition) is 3. The standard InChI is InChI=1S/C15H28N2OS/c1-11(2)13-16-15(7-5-6-8-15)14(18)17(13)9-12(3)10-19-4/h11-13,16H,5-10H2,1-4H3. The van der Waals surface area contributed by atoms with Crippen molar-refractivity contribution in [2.24, 2.45) is 11.8 Å². The van der Waals surface area contributed by atoms with E-state index in [-0.39, 0.29) is 11.7 Å². The van der Waals surface area contributed by atoms with Gasteiger partial charge in [-0.05, 0) is 36.7 Å². The maximum Gasteiger partial charge on any atom is 0.244 e. The second kappa shape index (κ2) is 6.04. The van der Waals surface area contributed by atoms with Gasteiger partial charge in [-0.1, -0.05) is 33.6 Å². The van der Waals surface area contributed by atoms with E-state index in [1.54, 1.807) is 0 Å². The summed E-state index contributed by atoms with van der Waals surface area (Å²) in [6.07, 6.45) is 6.81. The summed E-state index contributed by atoms with van der Waals surface area (Å²) in [5, 5.41) is 3.68. The summed E-state index contributed by atoms with van der Waals surface area (Å²) < 4.78 is 0. The molecule has 2 rings (SSSR count). The quantitative estimate of drug-likeness (QED) is 0.842. The van der Waals surface area contributed by atoms with Crippen LogP contribution in [0.25, 0.3) is 0 Å². The van der Waals surface area contributed by atoms with E-state index in [1.807, 2.05) is 11.8 Å². The van der Waals surface area contributed by atoms with Crippen LogP contribution in [0, 0.1) is 11.8 Å². The zero-order valence-corrected chi connectivity index (χ0v) is 13.6. The third-order valence-corrected chi connectivity index (χ3v) is 5.38. The smallest absolute Gasteiger partial charge is 0.244 e. The van der Waals surface area contributed by atoms with E-state index in [1.165, 1.54) is 12.8 Å². The van der Waals surface area contributed by atoms with Gasteiger partial charge in [0.2, 0.25) is 5.91 Å². The molecule has 2 fully saturated rings. The topological polar surface area (TPSA) is 32.3 Å². The van der Waals surface area contributed by atoms with Crippen LogP contribution in [-0.4, -0.2) is 41.1 Å². The van der Waals surface area contributed by atoms with Gasteiger partial charge in [-0.25, -0.2) is 0 Å². The molecule has 0 radical (unpaired) electrons. The summed E-state index contributed by atoms with van der Waals surface area (Å²) in [5.74, 6) is 2.54. The van der Waals surface area contributed by atoms with Gasteiger partial charge in [-0.3, -0.25) is 10.1 Å². The van der Waals surface area contributed by atoms with Gasteiger partial charge in [0.15, 0.2) is 0 Å². The summed E-state index contributed by atoms with van der Waals surface area (Å²) in [6, 6.07) is 0. The fourth-order valence-electron chi connectivity index (χ4n) is 3.56. The molecule has 0 bridgehead atoms. The first-order valence-corrected chi connectivity index (χ1v) is 8.97. The van der Waals surface area contributed by atoms with Gasteiger partial charge in [-0.15, -0.1) is 0 Å². The van der Waals surface area contributed by atoms with Gasteiger partial charge in [0.1, 0.15) is 0 Å². The number of hydrogen-bond donors (Lipinski definition) is 1. The molecule has 1 heterocycles. The van der Waals surface area contributed by atoms with Crippen molar-refractivity contribution in [1.29, 1.82) is 0 Å². The Labute approximate surface area is 121 Å². The molecule has 4 heteroatoms. The highest BCUT2D eigenvalue weighted by atomic mass is 32.2. The molecule has 0 aromatic rings. The van der Waals surface area contributed by atoms with Crippen molar-refractivity contribution in [3.63, 3.8) is 0 Å². The van der Waals surface area contributed by atoms with E-state index >= 15 is 0 Å². The molecule has 0 aromatic carbocycles. The first-order valence-electron chi connectivity index (χ1n) is 7.58. The van der Waals surface area contributed by atoms with Crippen molar-refractivity contribution in [2.75, 3.05) is 18.6 Å². The van der Waals surface area contributed by atoms with Crippen molar-refractivity contribution >= 4 is 17.7 Å². The van der Waals surface area contributed by atoms with Crippen LogP contribution in [0.4, 0.5) is 0 Å². The predicted octanol–water partition coefficient (Wildman–Crippen LogP) is 2.71. The summed E-state index contributed by atoms with van der Waals surface area (Å²) in [5.41, 5.74) is -0.214. The molecule has 3 nitrogen and oxygen atoms in total. The average Bonchev–Trinajstić information content (AvgIpc) is 2.91. The molecule has 2 atom stereocenters. The number of nitrogens with one attached hydrogen (secondary N) is 1. The van der Waals surface area contributed by atoms with Gasteiger partial charge >= 0.3 is 0 Å². The number of nitrogens with zero attached hydrogens (tertiary/aromatic N) is 1. The van der Waals surface area contributed by atoms with Crippen molar-refractivity contribution in [2.45, 2.75) is 58.2 Å². The zero-order chi connectivity index (χ0) is 14.0. The van der Waals surface area contributed by atoms with Gasteiger partial charge in [0, 0.05) is 6.54 Å². The van der Waals surface area contributed by atoms with E-state index in [0.717, 1.165) is 25.1 Å². The van der Waals surface area contributed by atoms with Crippen LogP contribution in [0.1, 0.15) is 46.5 Å². The third kappa shape index (κ3) is 2.94. The molecule has 0 aromatic heterocycles. The van der Waals surface area contributed by atoms with Crippen LogP contribution in [0.15, 0.2) is 0 Å². The highest BCUT2D eigenvalue weighted by molar-refractivity contribution is 7.98. The lowest BCUT2D eigenvalue weighted by atomic mass is 9.98. The molecule has 19 heavy (non-hydrogen) atoms. The molecule has 1 spiro atoms. The zero-order valence-electron chi connectivity index (χ0n) is 12.7. The molecule has 2 unspecified atom stereocenters. The van der Waals surface area contributed by atoms with Gasteiger partial charge < -0.3 is 4.90 Å². The second-order valence-electron chi connectivity index (χ2n) is 6.64. The highest BCUT2D eigenvalue weighted by Crippen LogP contribution is 2.38. The number of carbonyl (C=O) groups is 1. The monoisotopic (exact) mass is 284 g/mol. The van der Waals surface area contributed by atoms with Crippen LogP contribution in [0.2, 0.25) is 0 Å². The third-order valence-electron chi connectivity index (χ3n) is 4.48. The molecule has 1 aliphatic carbocycles. The van der Waals surface area contributed by atoms with Crippen LogP contribution in [-0.2, 0) is 4.79 Å². The van der Waals surface area contributed by atoms with Crippen molar-refractivity contribution < 1.29 is 4.79 Å². The lowest BCUT2D eigenvalue weighted by Gasteiger charge is -2.29. The molecule has 1 saturated heterocycles. The number of thioether (sulfide) groups is 1. The Morgan fingerprint density at radius 3 is 2.53 bits per heavy atom. The van der Waals surface area contributed by atoms with E-state index < -0.39 is 0 Å². The summed E-state index contributed by atoms with van der Waals surface area (Å²) in [4.78, 5) is 15.0. The second-order valence-corrected chi connectivity index (χ2v) is 7.55. The van der Waals surface area contributed by atoms with Gasteiger partial charge in [-0.2, -0.15) is 11.8 Å². The Balaban J connectivity index is 2.11. The van der Waals surface area contributed by atoms with Crippen molar-refractivity contribution in [3.8, 4) is 0 Å². The predicted molar refractivity (Wildman–Crippen MR) is 82.2 cm³/mol. The lowest BCUT2D eigenvalue weighted by molar-refractivity contribution is -0.134. The van der Waals surface area contributed by atoms with Crippen LogP contribution >= 0.6 is 11.8 Å². The molecule has 2 aliphatic rings. The minimum atomic E-state index is -0.214. The number of rotatable bonds is 5. The Hall–Kier alpha value is -0.220. The van der Waals surface area contributed by atoms with Crippen LogP contribution < -0.4 is 5.32 Å². The highest BCUT2D eigenvalue weighted by Gasteiger charge is 2.52. The summed E-state index contributed by atoms with van der Waals surface area (Å²) in [6.45, 7) is 7.58. The molecular formula is C15H28N2OS. The fraction of sp³-hybridized carbons (Fsp3) is 0.933. The molecule has 1 amide bonds. The van der Waals surface area contributed by atoms with E-state index in [0.29, 0.717) is 17.7 Å². The number of carbonyl (C=O) groups excluding carboxylic acids is 1. The largest absolute Gasteiger partial charge is 0.325 e. The Morgan fingerprint density at radius 2 is 2.00 bits per heavy atom.